The van der Waals surface area contributed by atoms with Crippen LogP contribution in [0.15, 0.2) is 0 Å². The number of aliphatic hydroxyl groups excluding tert-OH is 1. The SMILES string of the molecule is CCCCCCC(CCO)CC(=O)O. The van der Waals surface area contributed by atoms with Gasteiger partial charge in [-0.15, -0.1) is 0 Å². The fourth-order valence-corrected chi connectivity index (χ4v) is 1.64. The lowest BCUT2D eigenvalue weighted by molar-refractivity contribution is -0.138. The standard InChI is InChI=1S/C11H22O3/c1-2-3-4-5-6-10(7-8-12)9-11(13)14/h10,12H,2-9H2,1H3,(H,13,14). The van der Waals surface area contributed by atoms with Crippen molar-refractivity contribution in [3.8, 4) is 0 Å². The molecular formula is C11H22O3. The van der Waals surface area contributed by atoms with Crippen LogP contribution in [-0.2, 0) is 4.79 Å². The molecule has 0 saturated carbocycles. The monoisotopic (exact) mass is 202 g/mol. The summed E-state index contributed by atoms with van der Waals surface area (Å²) in [6.07, 6.45) is 6.45. The van der Waals surface area contributed by atoms with Crippen LogP contribution in [0.25, 0.3) is 0 Å². The van der Waals surface area contributed by atoms with Gasteiger partial charge >= 0.3 is 5.97 Å². The molecule has 0 fully saturated rings. The second-order valence-corrected chi connectivity index (χ2v) is 3.83. The molecule has 1 unspecified atom stereocenters. The molecule has 1 atom stereocenters. The van der Waals surface area contributed by atoms with Gasteiger partial charge in [0.2, 0.25) is 0 Å². The molecule has 0 aromatic carbocycles. The number of unbranched alkanes of at least 4 members (excludes halogenated alkanes) is 3. The Hall–Kier alpha value is -0.570. The second kappa shape index (κ2) is 9.00. The molecule has 0 rings (SSSR count). The van der Waals surface area contributed by atoms with Gasteiger partial charge in [-0.25, -0.2) is 0 Å². The molecule has 3 heteroatoms. The van der Waals surface area contributed by atoms with Crippen molar-refractivity contribution in [1.82, 2.24) is 0 Å². The highest BCUT2D eigenvalue weighted by molar-refractivity contribution is 5.66. The first-order valence-electron chi connectivity index (χ1n) is 5.53. The third-order valence-corrected chi connectivity index (χ3v) is 2.47. The van der Waals surface area contributed by atoms with Gasteiger partial charge in [0.15, 0.2) is 0 Å². The quantitative estimate of drug-likeness (QED) is 0.564. The molecule has 2 N–H and O–H groups in total. The van der Waals surface area contributed by atoms with Gasteiger partial charge in [0, 0.05) is 13.0 Å². The number of hydrogen-bond donors (Lipinski definition) is 2. The maximum absolute atomic E-state index is 10.5. The van der Waals surface area contributed by atoms with Crippen molar-refractivity contribution in [1.29, 1.82) is 0 Å². The van der Waals surface area contributed by atoms with E-state index in [4.69, 9.17) is 10.2 Å². The van der Waals surface area contributed by atoms with Crippen LogP contribution in [0.1, 0.15) is 51.9 Å². The maximum atomic E-state index is 10.5. The number of hydrogen-bond acceptors (Lipinski definition) is 2. The smallest absolute Gasteiger partial charge is 0.303 e. The summed E-state index contributed by atoms with van der Waals surface area (Å²) in [5, 5.41) is 17.4. The fraction of sp³-hybridized carbons (Fsp3) is 0.909. The number of aliphatic carboxylic acids is 1. The zero-order chi connectivity index (χ0) is 10.8. The third kappa shape index (κ3) is 8.05. The Morgan fingerprint density at radius 1 is 1.21 bits per heavy atom. The van der Waals surface area contributed by atoms with E-state index in [-0.39, 0.29) is 18.9 Å². The molecule has 0 bridgehead atoms. The highest BCUT2D eigenvalue weighted by Gasteiger charge is 2.11. The molecule has 0 saturated heterocycles. The van der Waals surface area contributed by atoms with E-state index in [2.05, 4.69) is 6.92 Å². The average molecular weight is 202 g/mol. The summed E-state index contributed by atoms with van der Waals surface area (Å²) < 4.78 is 0. The summed E-state index contributed by atoms with van der Waals surface area (Å²) in [6.45, 7) is 2.26. The summed E-state index contributed by atoms with van der Waals surface area (Å²) in [7, 11) is 0. The van der Waals surface area contributed by atoms with Gasteiger partial charge in [0.05, 0.1) is 0 Å². The Kier molecular flexibility index (Phi) is 8.64. The van der Waals surface area contributed by atoms with E-state index in [0.717, 1.165) is 12.8 Å². The minimum atomic E-state index is -0.751. The average Bonchev–Trinajstić information content (AvgIpc) is 2.12. The molecule has 0 aliphatic heterocycles. The molecule has 0 aliphatic rings. The van der Waals surface area contributed by atoms with Crippen LogP contribution in [0.5, 0.6) is 0 Å². The molecule has 0 heterocycles. The van der Waals surface area contributed by atoms with Crippen LogP contribution in [-0.4, -0.2) is 22.8 Å². The molecule has 3 nitrogen and oxygen atoms in total. The highest BCUT2D eigenvalue weighted by Crippen LogP contribution is 2.17. The second-order valence-electron chi connectivity index (χ2n) is 3.83. The van der Waals surface area contributed by atoms with Crippen LogP contribution < -0.4 is 0 Å². The summed E-state index contributed by atoms with van der Waals surface area (Å²) in [4.78, 5) is 10.5. The summed E-state index contributed by atoms with van der Waals surface area (Å²) in [6, 6.07) is 0. The molecule has 0 radical (unpaired) electrons. The number of carboxylic acid groups (broad SMARTS) is 1. The Bertz CT molecular complexity index is 145. The van der Waals surface area contributed by atoms with Gasteiger partial charge in [-0.05, 0) is 18.8 Å². The molecule has 0 aromatic rings. The van der Waals surface area contributed by atoms with Crippen LogP contribution in [0.2, 0.25) is 0 Å². The highest BCUT2D eigenvalue weighted by atomic mass is 16.4. The van der Waals surface area contributed by atoms with Gasteiger partial charge in [0.1, 0.15) is 0 Å². The zero-order valence-electron chi connectivity index (χ0n) is 9.04. The van der Waals surface area contributed by atoms with Crippen molar-refractivity contribution in [2.75, 3.05) is 6.61 Å². The first kappa shape index (κ1) is 13.4. The van der Waals surface area contributed by atoms with E-state index in [9.17, 15) is 4.79 Å². The molecule has 14 heavy (non-hydrogen) atoms. The van der Waals surface area contributed by atoms with E-state index < -0.39 is 5.97 Å². The lowest BCUT2D eigenvalue weighted by Gasteiger charge is -2.12. The zero-order valence-corrected chi connectivity index (χ0v) is 9.04. The molecular weight excluding hydrogens is 180 g/mol. The predicted octanol–water partition coefficient (Wildman–Crippen LogP) is 2.43. The Morgan fingerprint density at radius 2 is 1.93 bits per heavy atom. The van der Waals surface area contributed by atoms with E-state index in [1.165, 1.54) is 19.3 Å². The summed E-state index contributed by atoms with van der Waals surface area (Å²) in [5.74, 6) is -0.590. The number of carboxylic acids is 1. The molecule has 0 amide bonds. The largest absolute Gasteiger partial charge is 0.481 e. The number of rotatable bonds is 9. The Morgan fingerprint density at radius 3 is 2.43 bits per heavy atom. The minimum absolute atomic E-state index is 0.103. The van der Waals surface area contributed by atoms with E-state index in [1.54, 1.807) is 0 Å². The van der Waals surface area contributed by atoms with Gasteiger partial charge in [-0.2, -0.15) is 0 Å². The topological polar surface area (TPSA) is 57.5 Å². The first-order chi connectivity index (χ1) is 6.70. The fourth-order valence-electron chi connectivity index (χ4n) is 1.64. The third-order valence-electron chi connectivity index (χ3n) is 2.47. The molecule has 0 aliphatic carbocycles. The van der Waals surface area contributed by atoms with Crippen LogP contribution in [0.3, 0.4) is 0 Å². The normalized spacial score (nSPS) is 12.7. The van der Waals surface area contributed by atoms with Crippen molar-refractivity contribution in [2.45, 2.75) is 51.9 Å². The van der Waals surface area contributed by atoms with E-state index in [0.29, 0.717) is 6.42 Å². The van der Waals surface area contributed by atoms with Gasteiger partial charge in [-0.3, -0.25) is 4.79 Å². The van der Waals surface area contributed by atoms with Crippen molar-refractivity contribution in [3.63, 3.8) is 0 Å². The minimum Gasteiger partial charge on any atom is -0.481 e. The van der Waals surface area contributed by atoms with E-state index in [1.807, 2.05) is 0 Å². The summed E-state index contributed by atoms with van der Waals surface area (Å²) >= 11 is 0. The van der Waals surface area contributed by atoms with Crippen LogP contribution in [0.4, 0.5) is 0 Å². The van der Waals surface area contributed by atoms with Crippen LogP contribution >= 0.6 is 0 Å². The van der Waals surface area contributed by atoms with Crippen molar-refractivity contribution in [3.05, 3.63) is 0 Å². The van der Waals surface area contributed by atoms with E-state index >= 15 is 0 Å². The lowest BCUT2D eigenvalue weighted by atomic mass is 9.95. The Labute approximate surface area is 86.1 Å². The summed E-state index contributed by atoms with van der Waals surface area (Å²) in [5.41, 5.74) is 0. The Balaban J connectivity index is 3.56. The number of carbonyl (C=O) groups is 1. The van der Waals surface area contributed by atoms with Crippen molar-refractivity contribution >= 4 is 5.97 Å². The molecule has 84 valence electrons. The van der Waals surface area contributed by atoms with Gasteiger partial charge in [0.25, 0.3) is 0 Å². The maximum Gasteiger partial charge on any atom is 0.303 e. The van der Waals surface area contributed by atoms with Crippen molar-refractivity contribution < 1.29 is 15.0 Å². The first-order valence-corrected chi connectivity index (χ1v) is 5.53. The lowest BCUT2D eigenvalue weighted by Crippen LogP contribution is -2.09. The predicted molar refractivity (Wildman–Crippen MR) is 56.2 cm³/mol. The van der Waals surface area contributed by atoms with Gasteiger partial charge in [-0.1, -0.05) is 32.6 Å². The molecule has 0 spiro atoms. The molecule has 0 aromatic heterocycles. The van der Waals surface area contributed by atoms with Crippen molar-refractivity contribution in [2.24, 2.45) is 5.92 Å². The number of aliphatic hydroxyl groups is 1. The van der Waals surface area contributed by atoms with Crippen LogP contribution in [0, 0.1) is 5.92 Å². The van der Waals surface area contributed by atoms with Gasteiger partial charge < -0.3 is 10.2 Å².